The molecular weight excluding hydrogens is 210 g/mol. The average Bonchev–Trinajstić information content (AvgIpc) is 2.35. The predicted octanol–water partition coefficient (Wildman–Crippen LogP) is 0.285. The molecule has 1 rings (SSSR count). The van der Waals surface area contributed by atoms with Crippen molar-refractivity contribution in [3.63, 3.8) is 0 Å². The second kappa shape index (κ2) is 6.83. The third-order valence-corrected chi connectivity index (χ3v) is 2.93. The van der Waals surface area contributed by atoms with Gasteiger partial charge >= 0.3 is 5.97 Å². The number of nitrogens with zero attached hydrogens (tertiary/aromatic N) is 1. The van der Waals surface area contributed by atoms with E-state index in [9.17, 15) is 4.79 Å². The summed E-state index contributed by atoms with van der Waals surface area (Å²) in [7, 11) is 3.09. The molecule has 5 heteroatoms. The van der Waals surface area contributed by atoms with Gasteiger partial charge in [-0.2, -0.15) is 0 Å². The van der Waals surface area contributed by atoms with Gasteiger partial charge in [0.05, 0.1) is 13.7 Å². The number of morpholine rings is 1. The number of rotatable bonds is 5. The van der Waals surface area contributed by atoms with Crippen molar-refractivity contribution in [1.82, 2.24) is 4.90 Å². The molecule has 0 aromatic rings. The van der Waals surface area contributed by atoms with Gasteiger partial charge in [0.15, 0.2) is 6.10 Å². The molecule has 1 aliphatic rings. The van der Waals surface area contributed by atoms with Gasteiger partial charge in [-0.05, 0) is 13.3 Å². The van der Waals surface area contributed by atoms with Crippen LogP contribution in [0.2, 0.25) is 0 Å². The van der Waals surface area contributed by atoms with Crippen molar-refractivity contribution in [1.29, 1.82) is 0 Å². The molecule has 1 heterocycles. The van der Waals surface area contributed by atoms with E-state index in [0.29, 0.717) is 19.2 Å². The largest absolute Gasteiger partial charge is 0.467 e. The lowest BCUT2D eigenvalue weighted by molar-refractivity contribution is -0.160. The van der Waals surface area contributed by atoms with Crippen molar-refractivity contribution < 1.29 is 19.0 Å². The van der Waals surface area contributed by atoms with Gasteiger partial charge < -0.3 is 14.2 Å². The number of hydrogen-bond acceptors (Lipinski definition) is 5. The molecule has 0 saturated carbocycles. The predicted molar refractivity (Wildman–Crippen MR) is 59.3 cm³/mol. The van der Waals surface area contributed by atoms with Crippen molar-refractivity contribution in [3.8, 4) is 0 Å². The zero-order valence-electron chi connectivity index (χ0n) is 10.3. The highest BCUT2D eigenvalue weighted by Gasteiger charge is 2.29. The number of carbonyl (C=O) groups is 1. The van der Waals surface area contributed by atoms with Crippen LogP contribution in [0.3, 0.4) is 0 Å². The first-order chi connectivity index (χ1) is 7.69. The van der Waals surface area contributed by atoms with Gasteiger partial charge in [0.2, 0.25) is 0 Å². The molecule has 0 spiro atoms. The Hall–Kier alpha value is -0.650. The number of hydrogen-bond donors (Lipinski definition) is 0. The monoisotopic (exact) mass is 231 g/mol. The van der Waals surface area contributed by atoms with Gasteiger partial charge in [0.25, 0.3) is 0 Å². The summed E-state index contributed by atoms with van der Waals surface area (Å²) in [6.07, 6.45) is 0.522. The van der Waals surface area contributed by atoms with E-state index in [1.807, 2.05) is 0 Å². The quantitative estimate of drug-likeness (QED) is 0.636. The van der Waals surface area contributed by atoms with Crippen LogP contribution in [-0.2, 0) is 19.0 Å². The van der Waals surface area contributed by atoms with E-state index < -0.39 is 6.10 Å². The molecule has 0 amide bonds. The van der Waals surface area contributed by atoms with Crippen LogP contribution in [0.15, 0.2) is 0 Å². The third-order valence-electron chi connectivity index (χ3n) is 2.93. The van der Waals surface area contributed by atoms with Gasteiger partial charge in [0.1, 0.15) is 0 Å². The Morgan fingerprint density at radius 3 is 2.94 bits per heavy atom. The van der Waals surface area contributed by atoms with Gasteiger partial charge in [0, 0.05) is 32.8 Å². The molecule has 94 valence electrons. The molecule has 0 aliphatic carbocycles. The van der Waals surface area contributed by atoms with Gasteiger partial charge in [-0.25, -0.2) is 4.79 Å². The lowest BCUT2D eigenvalue weighted by Gasteiger charge is -2.35. The maximum Gasteiger partial charge on any atom is 0.336 e. The Morgan fingerprint density at radius 2 is 2.31 bits per heavy atom. The fourth-order valence-corrected chi connectivity index (χ4v) is 1.81. The maximum absolute atomic E-state index is 11.4. The lowest BCUT2D eigenvalue weighted by atomic mass is 10.1. The van der Waals surface area contributed by atoms with Gasteiger partial charge in [-0.1, -0.05) is 0 Å². The SMILES string of the molecule is COCCC(C)N1CCOC(C(=O)OC)C1. The molecule has 16 heavy (non-hydrogen) atoms. The van der Waals surface area contributed by atoms with Crippen molar-refractivity contribution >= 4 is 5.97 Å². The first-order valence-electron chi connectivity index (χ1n) is 5.61. The highest BCUT2D eigenvalue weighted by atomic mass is 16.6. The Balaban J connectivity index is 2.40. The molecule has 0 aromatic carbocycles. The van der Waals surface area contributed by atoms with Crippen LogP contribution in [0.4, 0.5) is 0 Å². The van der Waals surface area contributed by atoms with Crippen LogP contribution in [0.1, 0.15) is 13.3 Å². The molecular formula is C11H21NO4. The number of methoxy groups -OCH3 is 2. The van der Waals surface area contributed by atoms with Crippen LogP contribution in [0.5, 0.6) is 0 Å². The van der Waals surface area contributed by atoms with Crippen LogP contribution in [-0.4, -0.2) is 63.5 Å². The van der Waals surface area contributed by atoms with Gasteiger partial charge in [-0.3, -0.25) is 4.90 Å². The van der Waals surface area contributed by atoms with E-state index in [2.05, 4.69) is 16.6 Å². The van der Waals surface area contributed by atoms with Crippen LogP contribution in [0.25, 0.3) is 0 Å². The smallest absolute Gasteiger partial charge is 0.336 e. The minimum atomic E-state index is -0.441. The molecule has 1 aliphatic heterocycles. The molecule has 2 atom stereocenters. The Labute approximate surface area is 96.6 Å². The topological polar surface area (TPSA) is 48.0 Å². The molecule has 0 bridgehead atoms. The van der Waals surface area contributed by atoms with E-state index >= 15 is 0 Å². The molecule has 0 aromatic heterocycles. The average molecular weight is 231 g/mol. The molecule has 1 saturated heterocycles. The highest BCUT2D eigenvalue weighted by molar-refractivity contribution is 5.74. The zero-order chi connectivity index (χ0) is 12.0. The van der Waals surface area contributed by atoms with E-state index in [1.54, 1.807) is 7.11 Å². The van der Waals surface area contributed by atoms with Crippen LogP contribution >= 0.6 is 0 Å². The van der Waals surface area contributed by atoms with Crippen molar-refractivity contribution in [2.24, 2.45) is 0 Å². The summed E-state index contributed by atoms with van der Waals surface area (Å²) in [6.45, 7) is 4.92. The van der Waals surface area contributed by atoms with E-state index in [0.717, 1.165) is 19.6 Å². The summed E-state index contributed by atoms with van der Waals surface area (Å²) in [5, 5.41) is 0. The summed E-state index contributed by atoms with van der Waals surface area (Å²) < 4.78 is 15.1. The third kappa shape index (κ3) is 3.73. The zero-order valence-corrected chi connectivity index (χ0v) is 10.3. The van der Waals surface area contributed by atoms with Crippen molar-refractivity contribution in [2.75, 3.05) is 40.5 Å². The summed E-state index contributed by atoms with van der Waals surface area (Å²) in [5.74, 6) is -0.288. The summed E-state index contributed by atoms with van der Waals surface area (Å²) in [6, 6.07) is 0.399. The van der Waals surface area contributed by atoms with Crippen molar-refractivity contribution in [2.45, 2.75) is 25.5 Å². The minimum absolute atomic E-state index is 0.288. The standard InChI is InChI=1S/C11H21NO4/c1-9(4-6-14-2)12-5-7-16-10(8-12)11(13)15-3/h9-10H,4-8H2,1-3H3. The molecule has 2 unspecified atom stereocenters. The second-order valence-corrected chi connectivity index (χ2v) is 4.01. The Kier molecular flexibility index (Phi) is 5.73. The normalized spacial score (nSPS) is 24.1. The first kappa shape index (κ1) is 13.4. The Morgan fingerprint density at radius 1 is 1.56 bits per heavy atom. The number of ether oxygens (including phenoxy) is 3. The molecule has 0 radical (unpaired) electrons. The fourth-order valence-electron chi connectivity index (χ4n) is 1.81. The lowest BCUT2D eigenvalue weighted by Crippen LogP contribution is -2.50. The number of esters is 1. The Bertz CT molecular complexity index is 222. The summed E-state index contributed by atoms with van der Waals surface area (Å²) >= 11 is 0. The minimum Gasteiger partial charge on any atom is -0.467 e. The van der Waals surface area contributed by atoms with Crippen LogP contribution < -0.4 is 0 Å². The first-order valence-corrected chi connectivity index (χ1v) is 5.61. The number of carbonyl (C=O) groups excluding carboxylic acids is 1. The van der Waals surface area contributed by atoms with E-state index in [4.69, 9.17) is 9.47 Å². The molecule has 5 nitrogen and oxygen atoms in total. The molecule has 0 N–H and O–H groups in total. The fraction of sp³-hybridized carbons (Fsp3) is 0.909. The highest BCUT2D eigenvalue weighted by Crippen LogP contribution is 2.12. The van der Waals surface area contributed by atoms with Gasteiger partial charge in [-0.15, -0.1) is 0 Å². The summed E-state index contributed by atoms with van der Waals surface area (Å²) in [4.78, 5) is 13.6. The second-order valence-electron chi connectivity index (χ2n) is 4.01. The van der Waals surface area contributed by atoms with E-state index in [-0.39, 0.29) is 5.97 Å². The maximum atomic E-state index is 11.4. The van der Waals surface area contributed by atoms with Crippen molar-refractivity contribution in [3.05, 3.63) is 0 Å². The van der Waals surface area contributed by atoms with Crippen LogP contribution in [0, 0.1) is 0 Å². The summed E-state index contributed by atoms with van der Waals surface area (Å²) in [5.41, 5.74) is 0. The molecule has 1 fully saturated rings. The van der Waals surface area contributed by atoms with E-state index in [1.165, 1.54) is 7.11 Å².